The van der Waals surface area contributed by atoms with Crippen LogP contribution in [-0.4, -0.2) is 33.3 Å². The molecule has 1 aromatic carbocycles. The summed E-state index contributed by atoms with van der Waals surface area (Å²) in [5.74, 6) is -1.03. The zero-order valence-corrected chi connectivity index (χ0v) is 10.7. The van der Waals surface area contributed by atoms with Crippen molar-refractivity contribution in [3.05, 3.63) is 47.8 Å². The number of tetrazole rings is 1. The van der Waals surface area contributed by atoms with E-state index in [9.17, 15) is 9.18 Å². The molecule has 0 saturated carbocycles. The molecule has 0 bridgehead atoms. The third-order valence-corrected chi connectivity index (χ3v) is 2.73. The second-order valence-electron chi connectivity index (χ2n) is 3.95. The fourth-order valence-corrected chi connectivity index (χ4v) is 1.76. The number of carbonyl (C=O) groups is 1. The van der Waals surface area contributed by atoms with Crippen molar-refractivity contribution in [3.8, 4) is 0 Å². The number of hydrogen-bond acceptors (Lipinski definition) is 6. The van der Waals surface area contributed by atoms with Gasteiger partial charge in [-0.1, -0.05) is 23.8 Å². The molecule has 1 unspecified atom stereocenters. The highest BCUT2D eigenvalue weighted by molar-refractivity contribution is 5.89. The number of rotatable bonds is 4. The summed E-state index contributed by atoms with van der Waals surface area (Å²) in [6.45, 7) is 3.68. The van der Waals surface area contributed by atoms with Crippen LogP contribution < -0.4 is 5.73 Å². The number of hydrogen-bond donors (Lipinski definition) is 1. The number of ether oxygens (including phenoxy) is 1. The number of carbonyl (C=O) groups excluding carboxylic acids is 1. The minimum absolute atomic E-state index is 0.00405. The van der Waals surface area contributed by atoms with Gasteiger partial charge in [0.2, 0.25) is 5.95 Å². The van der Waals surface area contributed by atoms with Crippen molar-refractivity contribution in [2.75, 3.05) is 12.8 Å². The van der Waals surface area contributed by atoms with E-state index in [1.54, 1.807) is 0 Å². The number of aromatic nitrogens is 4. The van der Waals surface area contributed by atoms with Crippen LogP contribution in [-0.2, 0) is 9.53 Å². The standard InChI is InChI=1S/C12H12FN5O2/c1-7(11(19)20-2)10(18-12(14)15-16-17-18)8-3-5-9(13)6-4-8/h3-6,10H,1H2,2H3,(H2,14,15,17). The van der Waals surface area contributed by atoms with Crippen LogP contribution in [0.4, 0.5) is 10.3 Å². The van der Waals surface area contributed by atoms with E-state index >= 15 is 0 Å². The number of halogens is 1. The van der Waals surface area contributed by atoms with Crippen molar-refractivity contribution < 1.29 is 13.9 Å². The van der Waals surface area contributed by atoms with Crippen LogP contribution in [0.5, 0.6) is 0 Å². The zero-order valence-electron chi connectivity index (χ0n) is 10.7. The molecule has 0 aliphatic heterocycles. The van der Waals surface area contributed by atoms with Crippen LogP contribution in [0.25, 0.3) is 0 Å². The summed E-state index contributed by atoms with van der Waals surface area (Å²) in [4.78, 5) is 11.7. The van der Waals surface area contributed by atoms with Gasteiger partial charge in [0.1, 0.15) is 11.9 Å². The molecule has 1 atom stereocenters. The van der Waals surface area contributed by atoms with Crippen LogP contribution in [0.15, 0.2) is 36.4 Å². The normalized spacial score (nSPS) is 11.9. The summed E-state index contributed by atoms with van der Waals surface area (Å²) >= 11 is 0. The van der Waals surface area contributed by atoms with E-state index in [1.807, 2.05) is 0 Å². The molecular formula is C12H12FN5O2. The predicted octanol–water partition coefficient (Wildman–Crippen LogP) is 0.713. The Bertz CT molecular complexity index is 638. The molecule has 0 aliphatic rings. The summed E-state index contributed by atoms with van der Waals surface area (Å²) < 4.78 is 18.9. The first kappa shape index (κ1) is 13.7. The van der Waals surface area contributed by atoms with Gasteiger partial charge in [-0.3, -0.25) is 0 Å². The number of nitrogens with zero attached hydrogens (tertiary/aromatic N) is 4. The topological polar surface area (TPSA) is 95.9 Å². The molecule has 2 rings (SSSR count). The van der Waals surface area contributed by atoms with E-state index in [0.717, 1.165) is 0 Å². The molecule has 0 radical (unpaired) electrons. The maximum atomic E-state index is 13.0. The van der Waals surface area contributed by atoms with Crippen molar-refractivity contribution in [1.82, 2.24) is 20.2 Å². The molecule has 0 saturated heterocycles. The quantitative estimate of drug-likeness (QED) is 0.653. The van der Waals surface area contributed by atoms with Crippen molar-refractivity contribution in [3.63, 3.8) is 0 Å². The highest BCUT2D eigenvalue weighted by atomic mass is 19.1. The highest BCUT2D eigenvalue weighted by Gasteiger charge is 2.26. The van der Waals surface area contributed by atoms with Crippen LogP contribution in [0.1, 0.15) is 11.6 Å². The van der Waals surface area contributed by atoms with Gasteiger partial charge in [0, 0.05) is 0 Å². The summed E-state index contributed by atoms with van der Waals surface area (Å²) in [5, 5.41) is 10.7. The van der Waals surface area contributed by atoms with Gasteiger partial charge in [-0.05, 0) is 28.1 Å². The molecule has 2 N–H and O–H groups in total. The molecule has 0 aliphatic carbocycles. The SMILES string of the molecule is C=C(C(=O)OC)C(c1ccc(F)cc1)n1nnnc1N. The Morgan fingerprint density at radius 2 is 2.10 bits per heavy atom. The number of nitrogens with two attached hydrogens (primary N) is 1. The monoisotopic (exact) mass is 277 g/mol. The van der Waals surface area contributed by atoms with Gasteiger partial charge in [0.05, 0.1) is 12.7 Å². The first-order valence-corrected chi connectivity index (χ1v) is 5.60. The van der Waals surface area contributed by atoms with Gasteiger partial charge < -0.3 is 10.5 Å². The van der Waals surface area contributed by atoms with Crippen molar-refractivity contribution in [1.29, 1.82) is 0 Å². The molecule has 104 valence electrons. The van der Waals surface area contributed by atoms with Crippen LogP contribution in [0.3, 0.4) is 0 Å². The van der Waals surface area contributed by atoms with E-state index in [4.69, 9.17) is 5.73 Å². The van der Waals surface area contributed by atoms with Crippen molar-refractivity contribution in [2.45, 2.75) is 6.04 Å². The second kappa shape index (κ2) is 5.47. The van der Waals surface area contributed by atoms with Gasteiger partial charge in [0.25, 0.3) is 0 Å². The Labute approximate surface area is 113 Å². The average molecular weight is 277 g/mol. The highest BCUT2D eigenvalue weighted by Crippen LogP contribution is 2.27. The van der Waals surface area contributed by atoms with E-state index in [-0.39, 0.29) is 11.5 Å². The second-order valence-corrected chi connectivity index (χ2v) is 3.95. The molecule has 0 spiro atoms. The number of benzene rings is 1. The minimum atomic E-state index is -0.766. The summed E-state index contributed by atoms with van der Waals surface area (Å²) in [6.07, 6.45) is 0. The number of methoxy groups -OCH3 is 1. The third kappa shape index (κ3) is 2.48. The molecule has 20 heavy (non-hydrogen) atoms. The number of nitrogen functional groups attached to an aromatic ring is 1. The van der Waals surface area contributed by atoms with Gasteiger partial charge in [-0.25, -0.2) is 9.18 Å². The summed E-state index contributed by atoms with van der Waals surface area (Å²) in [6, 6.07) is 4.74. The first-order chi connectivity index (χ1) is 9.54. The van der Waals surface area contributed by atoms with E-state index in [2.05, 4.69) is 26.8 Å². The largest absolute Gasteiger partial charge is 0.466 e. The number of esters is 1. The molecule has 1 heterocycles. The molecular weight excluding hydrogens is 265 g/mol. The van der Waals surface area contributed by atoms with Crippen LogP contribution >= 0.6 is 0 Å². The van der Waals surface area contributed by atoms with Crippen molar-refractivity contribution >= 4 is 11.9 Å². The molecule has 7 nitrogen and oxygen atoms in total. The minimum Gasteiger partial charge on any atom is -0.466 e. The Morgan fingerprint density at radius 1 is 1.45 bits per heavy atom. The Kier molecular flexibility index (Phi) is 3.74. The molecule has 0 fully saturated rings. The fraction of sp³-hybridized carbons (Fsp3) is 0.167. The maximum Gasteiger partial charge on any atom is 0.335 e. The molecule has 8 heteroatoms. The number of anilines is 1. The Balaban J connectivity index is 2.50. The summed E-state index contributed by atoms with van der Waals surface area (Å²) in [5.41, 5.74) is 6.29. The van der Waals surface area contributed by atoms with Gasteiger partial charge in [0.15, 0.2) is 0 Å². The average Bonchev–Trinajstić information content (AvgIpc) is 2.86. The lowest BCUT2D eigenvalue weighted by Gasteiger charge is -2.18. The van der Waals surface area contributed by atoms with E-state index < -0.39 is 17.8 Å². The van der Waals surface area contributed by atoms with Gasteiger partial charge >= 0.3 is 5.97 Å². The van der Waals surface area contributed by atoms with Crippen molar-refractivity contribution in [2.24, 2.45) is 0 Å². The lowest BCUT2D eigenvalue weighted by Crippen LogP contribution is -2.22. The van der Waals surface area contributed by atoms with Gasteiger partial charge in [-0.15, -0.1) is 0 Å². The predicted molar refractivity (Wildman–Crippen MR) is 67.9 cm³/mol. The maximum absolute atomic E-state index is 13.0. The molecule has 2 aromatic rings. The lowest BCUT2D eigenvalue weighted by atomic mass is 10.00. The zero-order chi connectivity index (χ0) is 14.7. The Hall–Kier alpha value is -2.77. The lowest BCUT2D eigenvalue weighted by molar-refractivity contribution is -0.136. The third-order valence-electron chi connectivity index (χ3n) is 2.73. The smallest absolute Gasteiger partial charge is 0.335 e. The van der Waals surface area contributed by atoms with E-state index in [1.165, 1.54) is 36.1 Å². The first-order valence-electron chi connectivity index (χ1n) is 5.60. The molecule has 0 amide bonds. The Morgan fingerprint density at radius 3 is 2.60 bits per heavy atom. The van der Waals surface area contributed by atoms with Crippen LogP contribution in [0, 0.1) is 5.82 Å². The molecule has 1 aromatic heterocycles. The van der Waals surface area contributed by atoms with Gasteiger partial charge in [-0.2, -0.15) is 4.68 Å². The van der Waals surface area contributed by atoms with E-state index in [0.29, 0.717) is 5.56 Å². The van der Waals surface area contributed by atoms with Crippen LogP contribution in [0.2, 0.25) is 0 Å². The summed E-state index contributed by atoms with van der Waals surface area (Å²) in [7, 11) is 1.23. The fourth-order valence-electron chi connectivity index (χ4n) is 1.76.